The van der Waals surface area contributed by atoms with Gasteiger partial charge in [-0.15, -0.1) is 5.10 Å². The molecule has 120 valence electrons. The summed E-state index contributed by atoms with van der Waals surface area (Å²) >= 11 is 0. The van der Waals surface area contributed by atoms with Crippen molar-refractivity contribution < 1.29 is 7.27 Å². The van der Waals surface area contributed by atoms with E-state index in [1.165, 1.54) is 4.80 Å². The molecule has 0 aliphatic rings. The maximum absolute atomic E-state index is 11.7. The molecule has 2 aromatic heterocycles. The maximum atomic E-state index is 11.7. The van der Waals surface area contributed by atoms with Gasteiger partial charge in [0, 0.05) is 25.9 Å². The van der Waals surface area contributed by atoms with Crippen LogP contribution in [0.4, 0.5) is 0 Å². The van der Waals surface area contributed by atoms with Crippen LogP contribution in [-0.2, 0) is 0 Å². The van der Waals surface area contributed by atoms with Gasteiger partial charge in [0.05, 0.1) is 11.4 Å². The molecule has 5 nitrogen and oxygen atoms in total. The molecule has 0 unspecified atom stereocenters. The zero-order valence-corrected chi connectivity index (χ0v) is 13.3. The van der Waals surface area contributed by atoms with Gasteiger partial charge in [0.15, 0.2) is 0 Å². The van der Waals surface area contributed by atoms with Crippen LogP contribution < -0.4 is 5.63 Å². The maximum Gasteiger partial charge on any atom is 0.339 e. The molecule has 0 saturated heterocycles. The first-order chi connectivity index (χ1) is 11.6. The van der Waals surface area contributed by atoms with E-state index in [0.29, 0.717) is 22.5 Å². The molecular formula is C19H17N3O2. The first-order valence-corrected chi connectivity index (χ1v) is 7.18. The number of fused-ring (bicyclic) bond motifs is 1. The molecule has 0 fully saturated rings. The lowest BCUT2D eigenvalue weighted by Crippen LogP contribution is -2.03. The lowest BCUT2D eigenvalue weighted by molar-refractivity contribution is 0.554. The molecule has 0 N–H and O–H groups in total. The van der Waals surface area contributed by atoms with E-state index < -0.39 is 0 Å². The number of aryl methyl sites for hydroxylation is 2. The second-order valence-electron chi connectivity index (χ2n) is 5.11. The topological polar surface area (TPSA) is 60.9 Å². The summed E-state index contributed by atoms with van der Waals surface area (Å²) in [5.41, 5.74) is 13.2. The predicted molar refractivity (Wildman–Crippen MR) is 95.2 cm³/mol. The first-order valence-electron chi connectivity index (χ1n) is 7.18. The fourth-order valence-electron chi connectivity index (χ4n) is 2.15. The number of nitrogens with zero attached hydrogens (tertiary/aromatic N) is 3. The lowest BCUT2D eigenvalue weighted by Gasteiger charge is -2.02. The lowest BCUT2D eigenvalue weighted by atomic mass is 10.2. The van der Waals surface area contributed by atoms with Gasteiger partial charge in [-0.25, -0.2) is 4.79 Å². The number of hydrogen-bond donors (Lipinski definition) is 0. The molecule has 0 saturated carbocycles. The van der Waals surface area contributed by atoms with Crippen molar-refractivity contribution in [3.8, 4) is 5.69 Å². The van der Waals surface area contributed by atoms with Crippen LogP contribution in [0.2, 0.25) is 0 Å². The van der Waals surface area contributed by atoms with Gasteiger partial charge >= 0.3 is 5.63 Å². The van der Waals surface area contributed by atoms with Crippen molar-refractivity contribution in [2.75, 3.05) is 0 Å². The number of benzene rings is 1. The largest absolute Gasteiger partial charge is 0.422 e. The van der Waals surface area contributed by atoms with Crippen molar-refractivity contribution in [3.63, 3.8) is 0 Å². The quantitative estimate of drug-likeness (QED) is 0.533. The van der Waals surface area contributed by atoms with E-state index >= 15 is 0 Å². The van der Waals surface area contributed by atoms with Gasteiger partial charge in [0.1, 0.15) is 11.3 Å². The summed E-state index contributed by atoms with van der Waals surface area (Å²) in [4.78, 5) is 13.2. The van der Waals surface area contributed by atoms with Crippen molar-refractivity contribution in [2.24, 2.45) is 0 Å². The van der Waals surface area contributed by atoms with Crippen molar-refractivity contribution in [1.29, 1.82) is 0 Å². The fourth-order valence-corrected chi connectivity index (χ4v) is 2.15. The van der Waals surface area contributed by atoms with Gasteiger partial charge in [0.2, 0.25) is 0 Å². The van der Waals surface area contributed by atoms with E-state index in [-0.39, 0.29) is 8.48 Å². The van der Waals surface area contributed by atoms with Gasteiger partial charge in [-0.2, -0.15) is 9.90 Å². The Bertz CT molecular complexity index is 1170. The van der Waals surface area contributed by atoms with Crippen LogP contribution in [0.3, 0.4) is 0 Å². The molecule has 0 bridgehead atoms. The van der Waals surface area contributed by atoms with Gasteiger partial charge in [-0.1, -0.05) is 11.5 Å². The highest BCUT2D eigenvalue weighted by Gasteiger charge is 2.08. The third-order valence-corrected chi connectivity index (χ3v) is 3.37. The second kappa shape index (κ2) is 6.28. The minimum atomic E-state index is -0.347. The number of aromatic nitrogens is 3. The highest BCUT2D eigenvalue weighted by atomic mass is 16.4. The summed E-state index contributed by atoms with van der Waals surface area (Å²) in [6, 6.07) is 7.27. The van der Waals surface area contributed by atoms with Crippen LogP contribution in [0, 0.1) is 13.8 Å². The summed E-state index contributed by atoms with van der Waals surface area (Å²) in [6.45, 7) is 6.95. The van der Waals surface area contributed by atoms with Crippen LogP contribution in [0.15, 0.2) is 63.0 Å². The van der Waals surface area contributed by atoms with E-state index in [2.05, 4.69) is 39.7 Å². The standard InChI is InChI=1S/C19H13N3O2.2H2/c1-4-5-6-7-8-17-14(3)20-22(21-17)16-10-9-15-11-13(2)19(23)24-18(15)12-16;;/h8-12H,1H2,2-3H3;2*1H. The SMILES string of the molecule is C=C=C=C=C=Cc1nn(-c2ccc3cc(C)c(=O)oc3c2)nc1C.[HH].[HH]. The summed E-state index contributed by atoms with van der Waals surface area (Å²) < 4.78 is 5.31. The highest BCUT2D eigenvalue weighted by Crippen LogP contribution is 2.18. The number of rotatable bonds is 2. The molecule has 5 heteroatoms. The summed E-state index contributed by atoms with van der Waals surface area (Å²) in [5.74, 6) is 0. The third kappa shape index (κ3) is 2.97. The molecule has 3 rings (SSSR count). The van der Waals surface area contributed by atoms with Crippen LogP contribution in [0.5, 0.6) is 0 Å². The van der Waals surface area contributed by atoms with Crippen molar-refractivity contribution >= 4 is 17.0 Å². The Morgan fingerprint density at radius 1 is 1.25 bits per heavy atom. The molecule has 0 radical (unpaired) electrons. The normalized spacial score (nSPS) is 9.75. The molecule has 0 spiro atoms. The Balaban J connectivity index is 0.00000169. The second-order valence-corrected chi connectivity index (χ2v) is 5.11. The minimum Gasteiger partial charge on any atom is -0.422 e. The van der Waals surface area contributed by atoms with Gasteiger partial charge in [-0.05, 0) is 50.1 Å². The van der Waals surface area contributed by atoms with E-state index in [1.54, 1.807) is 25.1 Å². The summed E-state index contributed by atoms with van der Waals surface area (Å²) in [5, 5.41) is 9.60. The van der Waals surface area contributed by atoms with Crippen molar-refractivity contribution in [1.82, 2.24) is 15.0 Å². The molecule has 0 aliphatic heterocycles. The zero-order chi connectivity index (χ0) is 17.1. The van der Waals surface area contributed by atoms with E-state index in [1.807, 2.05) is 19.1 Å². The Morgan fingerprint density at radius 3 is 2.88 bits per heavy atom. The smallest absolute Gasteiger partial charge is 0.339 e. The van der Waals surface area contributed by atoms with Crippen LogP contribution >= 0.6 is 0 Å². The van der Waals surface area contributed by atoms with E-state index in [4.69, 9.17) is 4.42 Å². The molecular weight excluding hydrogens is 302 g/mol. The average molecular weight is 319 g/mol. The molecule has 1 aromatic carbocycles. The van der Waals surface area contributed by atoms with Crippen molar-refractivity contribution in [3.05, 3.63) is 81.1 Å². The molecule has 0 amide bonds. The molecule has 2 heterocycles. The fraction of sp³-hybridized carbons (Fsp3) is 0.105. The summed E-state index contributed by atoms with van der Waals surface area (Å²) in [6.07, 6.45) is 1.65. The Morgan fingerprint density at radius 2 is 2.08 bits per heavy atom. The van der Waals surface area contributed by atoms with Crippen LogP contribution in [-0.4, -0.2) is 15.0 Å². The van der Waals surface area contributed by atoms with Gasteiger partial charge in [-0.3, -0.25) is 0 Å². The average Bonchev–Trinajstić information content (AvgIpc) is 2.93. The minimum absolute atomic E-state index is 0. The monoisotopic (exact) mass is 319 g/mol. The molecule has 0 aliphatic carbocycles. The molecule has 0 atom stereocenters. The predicted octanol–water partition coefficient (Wildman–Crippen LogP) is 3.75. The highest BCUT2D eigenvalue weighted by molar-refractivity contribution is 5.79. The molecule has 24 heavy (non-hydrogen) atoms. The van der Waals surface area contributed by atoms with E-state index in [9.17, 15) is 4.79 Å². The third-order valence-electron chi connectivity index (χ3n) is 3.37. The Labute approximate surface area is 140 Å². The Hall–Kier alpha value is -3.57. The zero-order valence-electron chi connectivity index (χ0n) is 13.3. The van der Waals surface area contributed by atoms with Gasteiger partial charge < -0.3 is 4.42 Å². The van der Waals surface area contributed by atoms with Crippen LogP contribution in [0.1, 0.15) is 19.8 Å². The molecule has 3 aromatic rings. The van der Waals surface area contributed by atoms with Gasteiger partial charge in [0.25, 0.3) is 0 Å². The summed E-state index contributed by atoms with van der Waals surface area (Å²) in [7, 11) is 0. The van der Waals surface area contributed by atoms with Crippen LogP contribution in [0.25, 0.3) is 22.7 Å². The van der Waals surface area contributed by atoms with E-state index in [0.717, 1.165) is 11.1 Å². The first kappa shape index (κ1) is 15.3. The number of hydrogen-bond acceptors (Lipinski definition) is 4. The van der Waals surface area contributed by atoms with Crippen molar-refractivity contribution in [2.45, 2.75) is 13.8 Å². The Kier molecular flexibility index (Phi) is 4.01.